The zero-order valence-corrected chi connectivity index (χ0v) is 15.5. The average Bonchev–Trinajstić information content (AvgIpc) is 2.89. The van der Waals surface area contributed by atoms with Crippen molar-refractivity contribution in [2.75, 3.05) is 0 Å². The van der Waals surface area contributed by atoms with Crippen LogP contribution < -0.4 is 0 Å². The fourth-order valence-corrected chi connectivity index (χ4v) is 3.05. The molecule has 0 bridgehead atoms. The van der Waals surface area contributed by atoms with E-state index in [-0.39, 0.29) is 10.6 Å². The fourth-order valence-electron chi connectivity index (χ4n) is 2.92. The first-order chi connectivity index (χ1) is 12.4. The molecule has 132 valence electrons. The molecule has 1 aromatic heterocycles. The van der Waals surface area contributed by atoms with Gasteiger partial charge >= 0.3 is 0 Å². The van der Waals surface area contributed by atoms with E-state index in [0.29, 0.717) is 16.3 Å². The molecular formula is C20H18ClN3O2. The van der Waals surface area contributed by atoms with E-state index in [9.17, 15) is 10.1 Å². The van der Waals surface area contributed by atoms with Gasteiger partial charge < -0.3 is 4.57 Å². The first kappa shape index (κ1) is 17.9. The van der Waals surface area contributed by atoms with E-state index in [2.05, 4.69) is 9.56 Å². The summed E-state index contributed by atoms with van der Waals surface area (Å²) in [7, 11) is 0. The number of nitro benzene ring substituents is 1. The molecule has 0 aliphatic rings. The number of benzene rings is 2. The van der Waals surface area contributed by atoms with Crippen LogP contribution in [0.2, 0.25) is 5.02 Å². The molecule has 0 radical (unpaired) electrons. The number of hydrogen-bond donors (Lipinski definition) is 0. The predicted molar refractivity (Wildman–Crippen MR) is 105 cm³/mol. The fraction of sp³-hybridized carbons (Fsp3) is 0.150. The normalized spacial score (nSPS) is 11.2. The highest BCUT2D eigenvalue weighted by molar-refractivity contribution is 6.30. The molecule has 0 saturated carbocycles. The summed E-state index contributed by atoms with van der Waals surface area (Å²) < 4.78 is 2.12. The first-order valence-corrected chi connectivity index (χ1v) is 8.48. The van der Waals surface area contributed by atoms with Gasteiger partial charge in [-0.05, 0) is 57.2 Å². The second kappa shape index (κ2) is 7.14. The standard InChI is InChI=1S/C20H18ClN3O2/c1-13-4-7-18(11-20(13)24(25)26)22-12-16-10-14(2)23(15(16)3)19-8-5-17(21)6-9-19/h4-12H,1-3H3. The Balaban J connectivity index is 1.95. The van der Waals surface area contributed by atoms with Crippen LogP contribution >= 0.6 is 11.6 Å². The van der Waals surface area contributed by atoms with Crippen molar-refractivity contribution in [2.24, 2.45) is 4.99 Å². The van der Waals surface area contributed by atoms with Gasteiger partial charge in [0.1, 0.15) is 0 Å². The van der Waals surface area contributed by atoms with Gasteiger partial charge in [-0.25, -0.2) is 0 Å². The van der Waals surface area contributed by atoms with E-state index in [1.54, 1.807) is 25.3 Å². The van der Waals surface area contributed by atoms with Crippen LogP contribution in [0.3, 0.4) is 0 Å². The number of rotatable bonds is 4. The molecule has 6 heteroatoms. The molecule has 3 rings (SSSR count). The van der Waals surface area contributed by atoms with Gasteiger partial charge in [0.2, 0.25) is 0 Å². The minimum atomic E-state index is -0.388. The quantitative estimate of drug-likeness (QED) is 0.336. The Hall–Kier alpha value is -2.92. The Kier molecular flexibility index (Phi) is 4.91. The Bertz CT molecular complexity index is 1000. The summed E-state index contributed by atoms with van der Waals surface area (Å²) in [5.41, 5.74) is 5.34. The maximum Gasteiger partial charge on any atom is 0.274 e. The molecule has 0 N–H and O–H groups in total. The third-order valence-corrected chi connectivity index (χ3v) is 4.55. The predicted octanol–water partition coefficient (Wildman–Crippen LogP) is 5.71. The topological polar surface area (TPSA) is 60.4 Å². The molecule has 5 nitrogen and oxygen atoms in total. The number of halogens is 1. The molecule has 0 spiro atoms. The summed E-state index contributed by atoms with van der Waals surface area (Å²) in [5, 5.41) is 11.8. The molecular weight excluding hydrogens is 350 g/mol. The Morgan fingerprint density at radius 1 is 1.08 bits per heavy atom. The molecule has 0 aliphatic carbocycles. The van der Waals surface area contributed by atoms with Crippen LogP contribution in [-0.4, -0.2) is 15.7 Å². The molecule has 0 aliphatic heterocycles. The average molecular weight is 368 g/mol. The minimum absolute atomic E-state index is 0.0753. The van der Waals surface area contributed by atoms with Crippen molar-refractivity contribution in [3.8, 4) is 5.69 Å². The van der Waals surface area contributed by atoms with Crippen molar-refractivity contribution in [3.05, 3.63) is 86.2 Å². The molecule has 1 heterocycles. The molecule has 0 unspecified atom stereocenters. The first-order valence-electron chi connectivity index (χ1n) is 8.11. The SMILES string of the molecule is Cc1ccc(N=Cc2cc(C)n(-c3ccc(Cl)cc3)c2C)cc1[N+](=O)[O-]. The molecule has 26 heavy (non-hydrogen) atoms. The highest BCUT2D eigenvalue weighted by atomic mass is 35.5. The molecule has 2 aromatic carbocycles. The highest BCUT2D eigenvalue weighted by Gasteiger charge is 2.12. The minimum Gasteiger partial charge on any atom is -0.318 e. The lowest BCUT2D eigenvalue weighted by molar-refractivity contribution is -0.385. The summed E-state index contributed by atoms with van der Waals surface area (Å²) in [6.07, 6.45) is 1.74. The van der Waals surface area contributed by atoms with E-state index in [1.807, 2.05) is 44.2 Å². The Labute approximate surface area is 156 Å². The zero-order valence-electron chi connectivity index (χ0n) is 14.7. The van der Waals surface area contributed by atoms with Crippen molar-refractivity contribution < 1.29 is 4.92 Å². The van der Waals surface area contributed by atoms with Crippen LogP contribution in [0.1, 0.15) is 22.5 Å². The smallest absolute Gasteiger partial charge is 0.274 e. The maximum absolute atomic E-state index is 11.1. The number of hydrogen-bond acceptors (Lipinski definition) is 3. The van der Waals surface area contributed by atoms with Crippen molar-refractivity contribution in [2.45, 2.75) is 20.8 Å². The van der Waals surface area contributed by atoms with Gasteiger partial charge in [0.15, 0.2) is 0 Å². The van der Waals surface area contributed by atoms with Gasteiger partial charge in [-0.3, -0.25) is 15.1 Å². The van der Waals surface area contributed by atoms with Crippen LogP contribution in [0.4, 0.5) is 11.4 Å². The number of nitro groups is 1. The van der Waals surface area contributed by atoms with Crippen LogP contribution in [0.15, 0.2) is 53.5 Å². The second-order valence-electron chi connectivity index (χ2n) is 6.12. The number of aryl methyl sites for hydroxylation is 2. The van der Waals surface area contributed by atoms with E-state index in [4.69, 9.17) is 11.6 Å². The zero-order chi connectivity index (χ0) is 18.8. The lowest BCUT2D eigenvalue weighted by Gasteiger charge is -2.09. The van der Waals surface area contributed by atoms with Crippen LogP contribution in [0, 0.1) is 30.9 Å². The maximum atomic E-state index is 11.1. The van der Waals surface area contributed by atoms with Gasteiger partial charge in [0.05, 0.1) is 10.6 Å². The second-order valence-corrected chi connectivity index (χ2v) is 6.56. The number of aliphatic imine (C=N–C) groups is 1. The Morgan fingerprint density at radius 2 is 1.77 bits per heavy atom. The van der Waals surface area contributed by atoms with Gasteiger partial charge in [0, 0.05) is 45.5 Å². The third-order valence-electron chi connectivity index (χ3n) is 4.30. The van der Waals surface area contributed by atoms with Gasteiger partial charge in [-0.1, -0.05) is 17.7 Å². The number of aromatic nitrogens is 1. The third kappa shape index (κ3) is 3.53. The largest absolute Gasteiger partial charge is 0.318 e. The van der Waals surface area contributed by atoms with Crippen LogP contribution in [0.5, 0.6) is 0 Å². The van der Waals surface area contributed by atoms with Crippen molar-refractivity contribution in [1.29, 1.82) is 0 Å². The molecule has 0 saturated heterocycles. The van der Waals surface area contributed by atoms with Crippen molar-refractivity contribution >= 4 is 29.2 Å². The lowest BCUT2D eigenvalue weighted by atomic mass is 10.2. The molecule has 0 atom stereocenters. The van der Waals surface area contributed by atoms with Crippen molar-refractivity contribution in [3.63, 3.8) is 0 Å². The summed E-state index contributed by atoms with van der Waals surface area (Å²) in [5.74, 6) is 0. The van der Waals surface area contributed by atoms with E-state index >= 15 is 0 Å². The van der Waals surface area contributed by atoms with Crippen LogP contribution in [0.25, 0.3) is 5.69 Å². The van der Waals surface area contributed by atoms with E-state index < -0.39 is 0 Å². The highest BCUT2D eigenvalue weighted by Crippen LogP contribution is 2.25. The molecule has 0 fully saturated rings. The van der Waals surface area contributed by atoms with Gasteiger partial charge in [0.25, 0.3) is 5.69 Å². The lowest BCUT2D eigenvalue weighted by Crippen LogP contribution is -1.99. The number of nitrogens with zero attached hydrogens (tertiary/aromatic N) is 3. The summed E-state index contributed by atoms with van der Waals surface area (Å²) in [4.78, 5) is 15.1. The van der Waals surface area contributed by atoms with Gasteiger partial charge in [-0.15, -0.1) is 0 Å². The van der Waals surface area contributed by atoms with E-state index in [0.717, 1.165) is 22.6 Å². The van der Waals surface area contributed by atoms with E-state index in [1.165, 1.54) is 6.07 Å². The Morgan fingerprint density at radius 3 is 2.42 bits per heavy atom. The molecule has 0 amide bonds. The molecule has 3 aromatic rings. The monoisotopic (exact) mass is 367 g/mol. The summed E-state index contributed by atoms with van der Waals surface area (Å²) >= 11 is 5.97. The van der Waals surface area contributed by atoms with Crippen molar-refractivity contribution in [1.82, 2.24) is 4.57 Å². The van der Waals surface area contributed by atoms with Gasteiger partial charge in [-0.2, -0.15) is 0 Å². The van der Waals surface area contributed by atoms with Crippen LogP contribution in [-0.2, 0) is 0 Å². The summed E-state index contributed by atoms with van der Waals surface area (Å²) in [6, 6.07) is 14.7. The summed E-state index contributed by atoms with van der Waals surface area (Å²) in [6.45, 7) is 5.75.